The molecule has 2 N–H and O–H groups in total. The van der Waals surface area contributed by atoms with Crippen LogP contribution in [0.15, 0.2) is 24.4 Å². The molecule has 0 aromatic carbocycles. The predicted molar refractivity (Wildman–Crippen MR) is 50.3 cm³/mol. The normalized spacial score (nSPS) is 20.9. The molecule has 2 rings (SSSR count). The van der Waals surface area contributed by atoms with Gasteiger partial charge in [0.1, 0.15) is 5.69 Å². The molecule has 1 aromatic heterocycles. The molecular formula is C9H11N3O3. The van der Waals surface area contributed by atoms with E-state index in [2.05, 4.69) is 15.9 Å². The standard InChI is InChI=1S/C9H11N3O3/c13-9(7-3-1-2-5-10-7)11-8-4-6-14-12-15-8/h1-3,5,8,12H,4,6H2,(H,11,13). The molecule has 6 nitrogen and oxygen atoms in total. The van der Waals surface area contributed by atoms with Crippen molar-refractivity contribution in [3.63, 3.8) is 0 Å². The first kappa shape index (κ1) is 10.0. The van der Waals surface area contributed by atoms with Crippen LogP contribution in [0.2, 0.25) is 0 Å². The summed E-state index contributed by atoms with van der Waals surface area (Å²) < 4.78 is 0. The highest BCUT2D eigenvalue weighted by Crippen LogP contribution is 2.01. The summed E-state index contributed by atoms with van der Waals surface area (Å²) in [5.74, 6) is -0.260. The summed E-state index contributed by atoms with van der Waals surface area (Å²) in [4.78, 5) is 25.2. The third-order valence-electron chi connectivity index (χ3n) is 1.92. The van der Waals surface area contributed by atoms with Crippen LogP contribution in [0, 0.1) is 0 Å². The molecule has 1 atom stereocenters. The summed E-state index contributed by atoms with van der Waals surface area (Å²) in [6.45, 7) is 0.493. The summed E-state index contributed by atoms with van der Waals surface area (Å²) in [6, 6.07) is 5.15. The lowest BCUT2D eigenvalue weighted by Gasteiger charge is -2.22. The van der Waals surface area contributed by atoms with E-state index in [0.717, 1.165) is 0 Å². The molecule has 0 bridgehead atoms. The van der Waals surface area contributed by atoms with E-state index in [0.29, 0.717) is 18.7 Å². The molecule has 1 aliphatic rings. The topological polar surface area (TPSA) is 72.5 Å². The lowest BCUT2D eigenvalue weighted by atomic mass is 10.3. The molecule has 1 fully saturated rings. The number of aromatic nitrogens is 1. The monoisotopic (exact) mass is 209 g/mol. The van der Waals surface area contributed by atoms with Crippen molar-refractivity contribution in [1.82, 2.24) is 15.9 Å². The van der Waals surface area contributed by atoms with Crippen LogP contribution in [-0.2, 0) is 9.68 Å². The van der Waals surface area contributed by atoms with Crippen LogP contribution in [-0.4, -0.2) is 23.7 Å². The summed E-state index contributed by atoms with van der Waals surface area (Å²) in [6.07, 6.45) is 1.79. The lowest BCUT2D eigenvalue weighted by molar-refractivity contribution is -0.242. The van der Waals surface area contributed by atoms with Gasteiger partial charge >= 0.3 is 0 Å². The van der Waals surface area contributed by atoms with E-state index in [1.807, 2.05) is 0 Å². The van der Waals surface area contributed by atoms with Crippen molar-refractivity contribution < 1.29 is 14.5 Å². The molecule has 80 valence electrons. The average Bonchev–Trinajstić information content (AvgIpc) is 2.31. The van der Waals surface area contributed by atoms with Gasteiger partial charge in [-0.25, -0.2) is 0 Å². The third-order valence-corrected chi connectivity index (χ3v) is 1.92. The molecular weight excluding hydrogens is 198 g/mol. The van der Waals surface area contributed by atoms with Gasteiger partial charge in [0.05, 0.1) is 6.61 Å². The fraction of sp³-hybridized carbons (Fsp3) is 0.333. The number of carbonyl (C=O) groups excluding carboxylic acids is 1. The fourth-order valence-electron chi connectivity index (χ4n) is 1.18. The second-order valence-electron chi connectivity index (χ2n) is 3.02. The smallest absolute Gasteiger partial charge is 0.271 e. The van der Waals surface area contributed by atoms with Crippen LogP contribution in [0.5, 0.6) is 0 Å². The molecule has 15 heavy (non-hydrogen) atoms. The Morgan fingerprint density at radius 1 is 1.60 bits per heavy atom. The van der Waals surface area contributed by atoms with Crippen molar-refractivity contribution >= 4 is 5.91 Å². The van der Waals surface area contributed by atoms with E-state index < -0.39 is 0 Å². The Morgan fingerprint density at radius 3 is 3.20 bits per heavy atom. The van der Waals surface area contributed by atoms with Gasteiger partial charge in [0, 0.05) is 12.6 Å². The number of rotatable bonds is 2. The number of hydrogen-bond donors (Lipinski definition) is 2. The van der Waals surface area contributed by atoms with Gasteiger partial charge in [0.15, 0.2) is 6.23 Å². The number of pyridine rings is 1. The third kappa shape index (κ3) is 2.72. The molecule has 1 unspecified atom stereocenters. The number of hydrogen-bond acceptors (Lipinski definition) is 5. The van der Waals surface area contributed by atoms with Crippen LogP contribution < -0.4 is 11.0 Å². The lowest BCUT2D eigenvalue weighted by Crippen LogP contribution is -2.44. The summed E-state index contributed by atoms with van der Waals surface area (Å²) in [5, 5.41) is 2.67. The number of carbonyl (C=O) groups is 1. The van der Waals surface area contributed by atoms with E-state index in [1.54, 1.807) is 24.4 Å². The first-order valence-corrected chi connectivity index (χ1v) is 4.60. The van der Waals surface area contributed by atoms with E-state index >= 15 is 0 Å². The largest absolute Gasteiger partial charge is 0.323 e. The van der Waals surface area contributed by atoms with Crippen LogP contribution >= 0.6 is 0 Å². The molecule has 6 heteroatoms. The average molecular weight is 209 g/mol. The van der Waals surface area contributed by atoms with Gasteiger partial charge in [-0.1, -0.05) is 11.7 Å². The van der Waals surface area contributed by atoms with Crippen molar-refractivity contribution in [2.45, 2.75) is 12.6 Å². The van der Waals surface area contributed by atoms with Crippen molar-refractivity contribution in [3.05, 3.63) is 30.1 Å². The van der Waals surface area contributed by atoms with Crippen LogP contribution in [0.3, 0.4) is 0 Å². The Bertz CT molecular complexity index is 325. The predicted octanol–water partition coefficient (Wildman–Crippen LogP) is -0.00600. The maximum atomic E-state index is 11.6. The molecule has 1 amide bonds. The second-order valence-corrected chi connectivity index (χ2v) is 3.02. The van der Waals surface area contributed by atoms with Crippen molar-refractivity contribution in [3.8, 4) is 0 Å². The summed E-state index contributed by atoms with van der Waals surface area (Å²) in [5.41, 5.74) is 2.62. The zero-order chi connectivity index (χ0) is 10.5. The molecule has 1 aromatic rings. The van der Waals surface area contributed by atoms with Crippen LogP contribution in [0.25, 0.3) is 0 Å². The molecule has 0 aliphatic carbocycles. The van der Waals surface area contributed by atoms with Gasteiger partial charge in [-0.3, -0.25) is 19.5 Å². The van der Waals surface area contributed by atoms with Gasteiger partial charge in [-0.15, -0.1) is 0 Å². The molecule has 0 radical (unpaired) electrons. The Kier molecular flexibility index (Phi) is 3.23. The number of amides is 1. The molecule has 0 spiro atoms. The van der Waals surface area contributed by atoms with Crippen molar-refractivity contribution in [1.29, 1.82) is 0 Å². The first-order valence-electron chi connectivity index (χ1n) is 4.60. The Balaban J connectivity index is 1.91. The molecule has 1 saturated heterocycles. The van der Waals surface area contributed by atoms with Gasteiger partial charge < -0.3 is 5.32 Å². The zero-order valence-corrected chi connectivity index (χ0v) is 7.97. The van der Waals surface area contributed by atoms with Crippen molar-refractivity contribution in [2.75, 3.05) is 6.61 Å². The van der Waals surface area contributed by atoms with Gasteiger partial charge in [0.2, 0.25) is 0 Å². The van der Waals surface area contributed by atoms with E-state index in [9.17, 15) is 4.79 Å². The highest BCUT2D eigenvalue weighted by atomic mass is 16.9. The maximum Gasteiger partial charge on any atom is 0.271 e. The van der Waals surface area contributed by atoms with Gasteiger partial charge in [-0.05, 0) is 12.1 Å². The minimum Gasteiger partial charge on any atom is -0.323 e. The summed E-state index contributed by atoms with van der Waals surface area (Å²) in [7, 11) is 0. The highest BCUT2D eigenvalue weighted by Gasteiger charge is 2.18. The highest BCUT2D eigenvalue weighted by molar-refractivity contribution is 5.92. The SMILES string of the molecule is O=C(NC1CCONO1)c1ccccn1. The maximum absolute atomic E-state index is 11.6. The molecule has 2 heterocycles. The Hall–Kier alpha value is -1.50. The van der Waals surface area contributed by atoms with E-state index in [1.165, 1.54) is 0 Å². The number of nitrogens with zero attached hydrogens (tertiary/aromatic N) is 1. The molecule has 1 aliphatic heterocycles. The van der Waals surface area contributed by atoms with E-state index in [-0.39, 0.29) is 12.1 Å². The first-order chi connectivity index (χ1) is 7.36. The van der Waals surface area contributed by atoms with Crippen molar-refractivity contribution in [2.24, 2.45) is 0 Å². The quantitative estimate of drug-likeness (QED) is 0.717. The van der Waals surface area contributed by atoms with Crippen LogP contribution in [0.4, 0.5) is 0 Å². The van der Waals surface area contributed by atoms with Gasteiger partial charge in [-0.2, -0.15) is 0 Å². The molecule has 0 saturated carbocycles. The summed E-state index contributed by atoms with van der Waals surface area (Å²) >= 11 is 0. The zero-order valence-electron chi connectivity index (χ0n) is 7.97. The minimum absolute atomic E-state index is 0.260. The minimum atomic E-state index is -0.381. The second kappa shape index (κ2) is 4.83. The fourth-order valence-corrected chi connectivity index (χ4v) is 1.18. The van der Waals surface area contributed by atoms with Gasteiger partial charge in [0.25, 0.3) is 5.91 Å². The Labute approximate surface area is 86.5 Å². The van der Waals surface area contributed by atoms with Crippen LogP contribution in [0.1, 0.15) is 16.9 Å². The van der Waals surface area contributed by atoms with E-state index in [4.69, 9.17) is 9.68 Å². The Morgan fingerprint density at radius 2 is 2.53 bits per heavy atom. The number of nitrogens with one attached hydrogen (secondary N) is 2.